The number of alkyl carbamates (subject to hydrolysis) is 1. The van der Waals surface area contributed by atoms with Crippen molar-refractivity contribution >= 4 is 34.6 Å². The molecule has 10 heteroatoms. The van der Waals surface area contributed by atoms with Crippen molar-refractivity contribution in [2.24, 2.45) is 11.8 Å². The van der Waals surface area contributed by atoms with Crippen LogP contribution < -0.4 is 15.4 Å². The van der Waals surface area contributed by atoms with Gasteiger partial charge in [-0.3, -0.25) is 9.59 Å². The summed E-state index contributed by atoms with van der Waals surface area (Å²) in [4.78, 5) is 54.7. The maximum atomic E-state index is 14.4. The van der Waals surface area contributed by atoms with Crippen molar-refractivity contribution in [3.63, 3.8) is 0 Å². The summed E-state index contributed by atoms with van der Waals surface area (Å²) >= 11 is 0. The number of aliphatic carboxylic acids is 1. The lowest BCUT2D eigenvalue weighted by atomic mass is 9.83. The van der Waals surface area contributed by atoms with Gasteiger partial charge in [-0.25, -0.2) is 9.59 Å². The van der Waals surface area contributed by atoms with Crippen LogP contribution in [0.25, 0.3) is 10.8 Å². The average Bonchev–Trinajstić information content (AvgIpc) is 3.55. The summed E-state index contributed by atoms with van der Waals surface area (Å²) in [5.74, 6) is -2.01. The number of amides is 3. The lowest BCUT2D eigenvalue weighted by Gasteiger charge is -2.35. The molecule has 2 aromatic rings. The highest BCUT2D eigenvalue weighted by Crippen LogP contribution is 2.45. The smallest absolute Gasteiger partial charge is 0.408 e. The fourth-order valence-corrected chi connectivity index (χ4v) is 6.59. The van der Waals surface area contributed by atoms with Crippen LogP contribution in [0.4, 0.5) is 4.79 Å². The molecule has 5 rings (SSSR count). The van der Waals surface area contributed by atoms with E-state index in [4.69, 9.17) is 9.47 Å². The van der Waals surface area contributed by atoms with Crippen molar-refractivity contribution in [3.8, 4) is 5.75 Å². The Morgan fingerprint density at radius 2 is 1.77 bits per heavy atom. The number of carbonyl (C=O) groups excluding carboxylic acids is 3. The Morgan fingerprint density at radius 1 is 1.07 bits per heavy atom. The lowest BCUT2D eigenvalue weighted by Crippen LogP contribution is -2.58. The second kappa shape index (κ2) is 12.5. The number of rotatable bonds is 9. The summed E-state index contributed by atoms with van der Waals surface area (Å²) in [7, 11) is 0. The molecule has 2 saturated carbocycles. The van der Waals surface area contributed by atoms with E-state index in [1.807, 2.05) is 42.5 Å². The minimum atomic E-state index is -1.44. The second-order valence-corrected chi connectivity index (χ2v) is 13.3. The van der Waals surface area contributed by atoms with Gasteiger partial charge in [-0.05, 0) is 68.9 Å². The first-order valence-electron chi connectivity index (χ1n) is 15.5. The number of carboxylic acids is 1. The number of hydrogen-bond acceptors (Lipinski definition) is 6. The molecular weight excluding hydrogens is 562 g/mol. The Balaban J connectivity index is 1.41. The van der Waals surface area contributed by atoms with Gasteiger partial charge in [0.2, 0.25) is 11.8 Å². The second-order valence-electron chi connectivity index (χ2n) is 13.3. The molecule has 3 aliphatic rings. The number of nitrogens with one attached hydrogen (secondary N) is 2. The van der Waals surface area contributed by atoms with Gasteiger partial charge in [0, 0.05) is 12.3 Å². The zero-order valence-electron chi connectivity index (χ0n) is 25.7. The maximum Gasteiger partial charge on any atom is 0.408 e. The van der Waals surface area contributed by atoms with Crippen molar-refractivity contribution in [1.82, 2.24) is 15.5 Å². The van der Waals surface area contributed by atoms with Crippen LogP contribution in [0.3, 0.4) is 0 Å². The summed E-state index contributed by atoms with van der Waals surface area (Å²) < 4.78 is 11.8. The Bertz CT molecular complexity index is 1430. The molecule has 5 atom stereocenters. The number of benzene rings is 2. The maximum absolute atomic E-state index is 14.4. The van der Waals surface area contributed by atoms with Gasteiger partial charge in [-0.15, -0.1) is 6.58 Å². The van der Waals surface area contributed by atoms with E-state index < -0.39 is 59.1 Å². The molecule has 44 heavy (non-hydrogen) atoms. The summed E-state index contributed by atoms with van der Waals surface area (Å²) in [6.07, 6.45) is 5.17. The zero-order valence-corrected chi connectivity index (χ0v) is 25.7. The molecule has 0 spiro atoms. The molecule has 3 N–H and O–H groups in total. The van der Waals surface area contributed by atoms with E-state index >= 15 is 0 Å². The summed E-state index contributed by atoms with van der Waals surface area (Å²) in [6.45, 7) is 9.08. The van der Waals surface area contributed by atoms with Crippen molar-refractivity contribution in [3.05, 3.63) is 55.1 Å². The number of ether oxygens (including phenoxy) is 2. The number of nitrogens with zero attached hydrogens (tertiary/aromatic N) is 1. The van der Waals surface area contributed by atoms with E-state index in [-0.39, 0.29) is 25.3 Å². The molecule has 3 fully saturated rings. The molecule has 0 radical (unpaired) electrons. The first-order valence-corrected chi connectivity index (χ1v) is 15.5. The van der Waals surface area contributed by atoms with E-state index in [1.165, 1.54) is 11.0 Å². The molecule has 0 bridgehead atoms. The highest BCUT2D eigenvalue weighted by molar-refractivity contribution is 5.96. The van der Waals surface area contributed by atoms with Crippen LogP contribution in [0.2, 0.25) is 0 Å². The summed E-state index contributed by atoms with van der Waals surface area (Å²) in [5.41, 5.74) is -2.20. The molecule has 2 aromatic carbocycles. The van der Waals surface area contributed by atoms with Gasteiger partial charge in [0.25, 0.3) is 0 Å². The molecule has 236 valence electrons. The first kappa shape index (κ1) is 31.3. The minimum Gasteiger partial charge on any atom is -0.488 e. The number of hydrogen-bond donors (Lipinski definition) is 3. The van der Waals surface area contributed by atoms with E-state index in [0.29, 0.717) is 5.75 Å². The van der Waals surface area contributed by atoms with Crippen molar-refractivity contribution in [2.75, 3.05) is 6.54 Å². The fourth-order valence-electron chi connectivity index (χ4n) is 6.59. The number of carbonyl (C=O) groups is 4. The molecule has 10 nitrogen and oxygen atoms in total. The quantitative estimate of drug-likeness (QED) is 0.350. The van der Waals surface area contributed by atoms with E-state index in [2.05, 4.69) is 17.2 Å². The predicted octanol–water partition coefficient (Wildman–Crippen LogP) is 4.81. The number of carboxylic acid groups (broad SMARTS) is 1. The molecular formula is C34H43N3O7. The monoisotopic (exact) mass is 605 g/mol. The molecule has 2 aliphatic carbocycles. The lowest BCUT2D eigenvalue weighted by molar-refractivity contribution is -0.146. The van der Waals surface area contributed by atoms with Crippen LogP contribution >= 0.6 is 0 Å². The van der Waals surface area contributed by atoms with E-state index in [9.17, 15) is 24.3 Å². The SMILES string of the molecule is C=CC1C[C@]1(NC(=O)[C@@H]1C[C@@H](Oc2ccc3ccccc3c2)CN1C(=O)[C@@H](NC(=O)OC(C)(C)C)C1CCCCC1)C(=O)O. The molecule has 0 aromatic heterocycles. The topological polar surface area (TPSA) is 134 Å². The molecule has 1 aliphatic heterocycles. The van der Waals surface area contributed by atoms with Crippen LogP contribution in [0.15, 0.2) is 55.1 Å². The van der Waals surface area contributed by atoms with Crippen LogP contribution in [-0.4, -0.2) is 69.8 Å². The highest BCUT2D eigenvalue weighted by Gasteiger charge is 2.61. The third-order valence-electron chi connectivity index (χ3n) is 8.96. The molecule has 1 saturated heterocycles. The third kappa shape index (κ3) is 6.84. The Hall–Kier alpha value is -4.08. The normalized spacial score (nSPS) is 26.0. The third-order valence-corrected chi connectivity index (χ3v) is 8.96. The molecule has 3 amide bonds. The largest absolute Gasteiger partial charge is 0.488 e. The Morgan fingerprint density at radius 3 is 2.41 bits per heavy atom. The highest BCUT2D eigenvalue weighted by atomic mass is 16.6. The molecule has 1 unspecified atom stereocenters. The van der Waals surface area contributed by atoms with Gasteiger partial charge in [0.1, 0.15) is 35.1 Å². The molecule has 1 heterocycles. The zero-order chi connectivity index (χ0) is 31.6. The number of fused-ring (bicyclic) bond motifs is 1. The van der Waals surface area contributed by atoms with Gasteiger partial charge in [-0.2, -0.15) is 0 Å². The van der Waals surface area contributed by atoms with Crippen LogP contribution in [0, 0.1) is 11.8 Å². The van der Waals surface area contributed by atoms with Gasteiger partial charge < -0.3 is 30.1 Å². The van der Waals surface area contributed by atoms with Crippen molar-refractivity contribution < 1.29 is 33.8 Å². The predicted molar refractivity (Wildman–Crippen MR) is 165 cm³/mol. The Kier molecular flexibility index (Phi) is 8.90. The summed E-state index contributed by atoms with van der Waals surface area (Å²) in [6, 6.07) is 11.7. The van der Waals surface area contributed by atoms with Crippen LogP contribution in [0.5, 0.6) is 5.75 Å². The van der Waals surface area contributed by atoms with Crippen molar-refractivity contribution in [1.29, 1.82) is 0 Å². The van der Waals surface area contributed by atoms with Gasteiger partial charge in [0.05, 0.1) is 6.54 Å². The van der Waals surface area contributed by atoms with E-state index in [1.54, 1.807) is 20.8 Å². The standard InChI is InChI=1S/C34H43N3O7/c1-5-24-19-34(24,31(40)41)36-29(38)27-18-26(43-25-16-15-21-11-9-10-14-23(21)17-25)20-37(27)30(39)28(22-12-7-6-8-13-22)35-32(42)44-33(2,3)4/h5,9-11,14-17,22,24,26-28H,1,6-8,12-13,18-20H2,2-4H3,(H,35,42)(H,36,38)(H,40,41)/t24?,26-,27+,28+,34-/m1/s1. The van der Waals surface area contributed by atoms with Gasteiger partial charge in [0.15, 0.2) is 0 Å². The minimum absolute atomic E-state index is 0.105. The Labute approximate surface area is 258 Å². The summed E-state index contributed by atoms with van der Waals surface area (Å²) in [5, 5.41) is 17.5. The average molecular weight is 606 g/mol. The van der Waals surface area contributed by atoms with Gasteiger partial charge in [-0.1, -0.05) is 55.7 Å². The van der Waals surface area contributed by atoms with Crippen LogP contribution in [-0.2, 0) is 19.1 Å². The van der Waals surface area contributed by atoms with Gasteiger partial charge >= 0.3 is 12.1 Å². The van der Waals surface area contributed by atoms with Crippen molar-refractivity contribution in [2.45, 2.75) is 95.0 Å². The van der Waals surface area contributed by atoms with Crippen LogP contribution in [0.1, 0.15) is 65.7 Å². The first-order chi connectivity index (χ1) is 20.9. The fraction of sp³-hybridized carbons (Fsp3) is 0.529. The number of likely N-dealkylation sites (tertiary alicyclic amines) is 1. The van der Waals surface area contributed by atoms with E-state index in [0.717, 1.165) is 42.9 Å².